The average Bonchev–Trinajstić information content (AvgIpc) is 2.85. The molecule has 70 valence electrons. The van der Waals surface area contributed by atoms with E-state index in [1.807, 2.05) is 0 Å². The molecule has 0 heterocycles. The number of aromatic hydroxyl groups is 1. The van der Waals surface area contributed by atoms with Crippen LogP contribution in [-0.4, -0.2) is 15.3 Å². The van der Waals surface area contributed by atoms with Crippen LogP contribution in [0.5, 0.6) is 5.75 Å². The lowest BCUT2D eigenvalue weighted by Gasteiger charge is -2.12. The van der Waals surface area contributed by atoms with Crippen LogP contribution in [0, 0.1) is 0 Å². The molecule has 1 saturated carbocycles. The van der Waals surface area contributed by atoms with Crippen LogP contribution in [0.25, 0.3) is 0 Å². The van der Waals surface area contributed by atoms with Gasteiger partial charge in [0.05, 0.1) is 12.2 Å². The van der Waals surface area contributed by atoms with Crippen molar-refractivity contribution >= 4 is 0 Å². The fourth-order valence-corrected chi connectivity index (χ4v) is 1.48. The Kier molecular flexibility index (Phi) is 1.78. The van der Waals surface area contributed by atoms with Crippen molar-refractivity contribution in [3.63, 3.8) is 0 Å². The molecule has 0 bridgehead atoms. The van der Waals surface area contributed by atoms with Gasteiger partial charge in [0.1, 0.15) is 5.75 Å². The summed E-state index contributed by atoms with van der Waals surface area (Å²) in [5.74, 6) is 0.0324. The molecule has 0 spiro atoms. The lowest BCUT2D eigenvalue weighted by Crippen LogP contribution is -2.05. The first-order valence-electron chi connectivity index (χ1n) is 4.32. The smallest absolute Gasteiger partial charge is 0.127 e. The van der Waals surface area contributed by atoms with Crippen molar-refractivity contribution in [2.75, 3.05) is 0 Å². The Morgan fingerprint density at radius 2 is 2.00 bits per heavy atom. The molecule has 1 aliphatic carbocycles. The second kappa shape index (κ2) is 2.72. The van der Waals surface area contributed by atoms with E-state index in [9.17, 15) is 10.2 Å². The topological polar surface area (TPSA) is 60.7 Å². The minimum Gasteiger partial charge on any atom is -0.507 e. The van der Waals surface area contributed by atoms with Gasteiger partial charge >= 0.3 is 0 Å². The van der Waals surface area contributed by atoms with Crippen LogP contribution in [-0.2, 0) is 12.2 Å². The van der Waals surface area contributed by atoms with Gasteiger partial charge in [0.2, 0.25) is 0 Å². The Morgan fingerprint density at radius 3 is 2.54 bits per heavy atom. The van der Waals surface area contributed by atoms with Crippen LogP contribution in [0.4, 0.5) is 0 Å². The molecule has 0 amide bonds. The Hall–Kier alpha value is -1.06. The normalized spacial score (nSPS) is 18.6. The SMILES string of the molecule is OCc1cccc(C2(O)CC2)c1O. The van der Waals surface area contributed by atoms with Gasteiger partial charge in [-0.3, -0.25) is 0 Å². The molecule has 0 saturated heterocycles. The predicted octanol–water partition coefficient (Wildman–Crippen LogP) is 0.866. The van der Waals surface area contributed by atoms with Crippen molar-refractivity contribution in [2.24, 2.45) is 0 Å². The molecule has 3 heteroatoms. The number of benzene rings is 1. The quantitative estimate of drug-likeness (QED) is 0.632. The summed E-state index contributed by atoms with van der Waals surface area (Å²) in [5, 5.41) is 28.3. The van der Waals surface area contributed by atoms with Gasteiger partial charge in [0.25, 0.3) is 0 Å². The lowest BCUT2D eigenvalue weighted by molar-refractivity contribution is 0.147. The minimum atomic E-state index is -0.838. The summed E-state index contributed by atoms with van der Waals surface area (Å²) in [6.07, 6.45) is 1.38. The third kappa shape index (κ3) is 1.30. The van der Waals surface area contributed by atoms with Crippen LogP contribution in [0.1, 0.15) is 24.0 Å². The van der Waals surface area contributed by atoms with E-state index in [1.54, 1.807) is 18.2 Å². The zero-order valence-electron chi connectivity index (χ0n) is 7.20. The Morgan fingerprint density at radius 1 is 1.31 bits per heavy atom. The zero-order valence-corrected chi connectivity index (χ0v) is 7.20. The first-order valence-corrected chi connectivity index (χ1v) is 4.32. The van der Waals surface area contributed by atoms with Crippen molar-refractivity contribution in [1.29, 1.82) is 0 Å². The van der Waals surface area contributed by atoms with Gasteiger partial charge in [-0.2, -0.15) is 0 Å². The molecule has 1 fully saturated rings. The maximum absolute atomic E-state index is 9.76. The maximum Gasteiger partial charge on any atom is 0.127 e. The number of hydrogen-bond donors (Lipinski definition) is 3. The van der Waals surface area contributed by atoms with Gasteiger partial charge in [-0.25, -0.2) is 0 Å². The summed E-state index contributed by atoms with van der Waals surface area (Å²) in [4.78, 5) is 0. The number of phenols is 1. The molecule has 0 atom stereocenters. The lowest BCUT2D eigenvalue weighted by atomic mass is 10.0. The van der Waals surface area contributed by atoms with Crippen molar-refractivity contribution in [3.05, 3.63) is 29.3 Å². The third-order valence-corrected chi connectivity index (χ3v) is 2.51. The second-order valence-electron chi connectivity index (χ2n) is 3.50. The van der Waals surface area contributed by atoms with Gasteiger partial charge < -0.3 is 15.3 Å². The van der Waals surface area contributed by atoms with E-state index in [-0.39, 0.29) is 12.4 Å². The van der Waals surface area contributed by atoms with E-state index in [0.29, 0.717) is 24.0 Å². The largest absolute Gasteiger partial charge is 0.507 e. The van der Waals surface area contributed by atoms with E-state index < -0.39 is 5.60 Å². The molecule has 0 radical (unpaired) electrons. The third-order valence-electron chi connectivity index (χ3n) is 2.51. The first-order chi connectivity index (χ1) is 6.17. The zero-order chi connectivity index (χ0) is 9.47. The van der Waals surface area contributed by atoms with Crippen molar-refractivity contribution in [2.45, 2.75) is 25.0 Å². The van der Waals surface area contributed by atoms with Gasteiger partial charge in [-0.15, -0.1) is 0 Å². The fourth-order valence-electron chi connectivity index (χ4n) is 1.48. The summed E-state index contributed by atoms with van der Waals surface area (Å²) < 4.78 is 0. The van der Waals surface area contributed by atoms with E-state index in [4.69, 9.17) is 5.11 Å². The molecular formula is C10H12O3. The summed E-state index contributed by atoms with van der Waals surface area (Å²) in [5.41, 5.74) is 0.173. The summed E-state index contributed by atoms with van der Waals surface area (Å²) in [6, 6.07) is 5.07. The number of rotatable bonds is 2. The molecule has 0 unspecified atom stereocenters. The van der Waals surface area contributed by atoms with E-state index in [2.05, 4.69) is 0 Å². The number of hydrogen-bond acceptors (Lipinski definition) is 3. The van der Waals surface area contributed by atoms with Crippen molar-refractivity contribution in [3.8, 4) is 5.75 Å². The highest BCUT2D eigenvalue weighted by atomic mass is 16.3. The molecule has 3 nitrogen and oxygen atoms in total. The summed E-state index contributed by atoms with van der Waals surface area (Å²) >= 11 is 0. The molecule has 1 aromatic rings. The van der Waals surface area contributed by atoms with Crippen LogP contribution in [0.15, 0.2) is 18.2 Å². The minimum absolute atomic E-state index is 0.0324. The van der Waals surface area contributed by atoms with E-state index in [0.717, 1.165) is 0 Å². The maximum atomic E-state index is 9.76. The van der Waals surface area contributed by atoms with Crippen LogP contribution in [0.3, 0.4) is 0 Å². The second-order valence-corrected chi connectivity index (χ2v) is 3.50. The Labute approximate surface area is 76.3 Å². The van der Waals surface area contributed by atoms with Crippen LogP contribution in [0.2, 0.25) is 0 Å². The molecule has 2 rings (SSSR count). The number of para-hydroxylation sites is 1. The Bertz CT molecular complexity index is 329. The molecule has 1 aromatic carbocycles. The molecule has 0 aromatic heterocycles. The van der Waals surface area contributed by atoms with Gasteiger partial charge in [-0.1, -0.05) is 18.2 Å². The molecule has 13 heavy (non-hydrogen) atoms. The fraction of sp³-hybridized carbons (Fsp3) is 0.400. The van der Waals surface area contributed by atoms with E-state index >= 15 is 0 Å². The standard InChI is InChI=1S/C10H12O3/c11-6-7-2-1-3-8(9(7)12)10(13)4-5-10/h1-3,11-13H,4-6H2. The average molecular weight is 180 g/mol. The van der Waals surface area contributed by atoms with Crippen molar-refractivity contribution < 1.29 is 15.3 Å². The molecule has 1 aliphatic rings. The van der Waals surface area contributed by atoms with Crippen molar-refractivity contribution in [1.82, 2.24) is 0 Å². The molecule has 3 N–H and O–H groups in total. The number of aliphatic hydroxyl groups is 2. The highest BCUT2D eigenvalue weighted by molar-refractivity contribution is 5.45. The summed E-state index contributed by atoms with van der Waals surface area (Å²) in [6.45, 7) is -0.199. The predicted molar refractivity (Wildman–Crippen MR) is 47.2 cm³/mol. The Balaban J connectivity index is 2.46. The highest BCUT2D eigenvalue weighted by Gasteiger charge is 2.44. The monoisotopic (exact) mass is 180 g/mol. The van der Waals surface area contributed by atoms with Gasteiger partial charge in [0, 0.05) is 11.1 Å². The van der Waals surface area contributed by atoms with Gasteiger partial charge in [0.15, 0.2) is 0 Å². The molecular weight excluding hydrogens is 168 g/mol. The summed E-state index contributed by atoms with van der Waals surface area (Å²) in [7, 11) is 0. The van der Waals surface area contributed by atoms with Gasteiger partial charge in [-0.05, 0) is 12.8 Å². The molecule has 0 aliphatic heterocycles. The van der Waals surface area contributed by atoms with Crippen LogP contribution >= 0.6 is 0 Å². The van der Waals surface area contributed by atoms with Crippen LogP contribution < -0.4 is 0 Å². The van der Waals surface area contributed by atoms with E-state index in [1.165, 1.54) is 0 Å². The first kappa shape index (κ1) is 8.53. The highest BCUT2D eigenvalue weighted by Crippen LogP contribution is 2.49. The number of aliphatic hydroxyl groups excluding tert-OH is 1.